The molecule has 1 amide bonds. The summed E-state index contributed by atoms with van der Waals surface area (Å²) < 4.78 is 0. The lowest BCUT2D eigenvalue weighted by atomic mass is 10.2. The van der Waals surface area contributed by atoms with Crippen molar-refractivity contribution in [1.82, 2.24) is 5.32 Å². The predicted octanol–water partition coefficient (Wildman–Crippen LogP) is 4.57. The van der Waals surface area contributed by atoms with Gasteiger partial charge in [-0.2, -0.15) is 0 Å². The van der Waals surface area contributed by atoms with Crippen LogP contribution in [0.1, 0.15) is 11.1 Å². The third-order valence-electron chi connectivity index (χ3n) is 2.99. The lowest BCUT2D eigenvalue weighted by molar-refractivity contribution is -0.116. The molecule has 0 aliphatic carbocycles. The van der Waals surface area contributed by atoms with E-state index in [-0.39, 0.29) is 5.91 Å². The van der Waals surface area contributed by atoms with Crippen molar-refractivity contribution in [2.75, 3.05) is 12.3 Å². The molecule has 0 bridgehead atoms. The highest BCUT2D eigenvalue weighted by molar-refractivity contribution is 7.99. The Bertz CT molecular complexity index is 635. The zero-order valence-electron chi connectivity index (χ0n) is 12.4. The maximum atomic E-state index is 11.7. The lowest BCUT2D eigenvalue weighted by Crippen LogP contribution is -2.23. The molecular formula is C18H18ClNOS. The van der Waals surface area contributed by atoms with E-state index in [2.05, 4.69) is 36.5 Å². The molecular weight excluding hydrogens is 314 g/mol. The van der Waals surface area contributed by atoms with Gasteiger partial charge < -0.3 is 5.32 Å². The van der Waals surface area contributed by atoms with Gasteiger partial charge in [0.1, 0.15) is 0 Å². The van der Waals surface area contributed by atoms with Crippen molar-refractivity contribution in [2.45, 2.75) is 11.8 Å². The molecule has 0 radical (unpaired) electrons. The monoisotopic (exact) mass is 331 g/mol. The minimum atomic E-state index is -0.0838. The van der Waals surface area contributed by atoms with E-state index in [1.165, 1.54) is 10.5 Å². The number of aryl methyl sites for hydroxylation is 1. The first-order valence-corrected chi connectivity index (χ1v) is 8.41. The Morgan fingerprint density at radius 1 is 1.14 bits per heavy atom. The summed E-state index contributed by atoms with van der Waals surface area (Å²) in [6, 6.07) is 15.7. The number of nitrogens with one attached hydrogen (secondary N) is 1. The van der Waals surface area contributed by atoms with Crippen LogP contribution in [0.25, 0.3) is 6.08 Å². The van der Waals surface area contributed by atoms with Gasteiger partial charge in [-0.25, -0.2) is 0 Å². The van der Waals surface area contributed by atoms with E-state index in [9.17, 15) is 4.79 Å². The second kappa shape index (κ2) is 8.66. The van der Waals surface area contributed by atoms with E-state index in [0.717, 1.165) is 11.3 Å². The van der Waals surface area contributed by atoms with Crippen LogP contribution in [0.2, 0.25) is 5.02 Å². The molecule has 2 aromatic carbocycles. The molecule has 0 spiro atoms. The number of rotatable bonds is 6. The zero-order valence-corrected chi connectivity index (χ0v) is 14.0. The summed E-state index contributed by atoms with van der Waals surface area (Å²) in [5.41, 5.74) is 2.21. The Hall–Kier alpha value is -1.71. The highest BCUT2D eigenvalue weighted by Crippen LogP contribution is 2.17. The first kappa shape index (κ1) is 16.7. The Morgan fingerprint density at radius 2 is 1.82 bits per heavy atom. The average molecular weight is 332 g/mol. The van der Waals surface area contributed by atoms with Crippen LogP contribution < -0.4 is 5.32 Å². The summed E-state index contributed by atoms with van der Waals surface area (Å²) in [5, 5.41) is 3.56. The molecule has 0 fully saturated rings. The third kappa shape index (κ3) is 5.96. The van der Waals surface area contributed by atoms with Crippen LogP contribution >= 0.6 is 23.4 Å². The fourth-order valence-corrected chi connectivity index (χ4v) is 2.68. The van der Waals surface area contributed by atoms with Crippen LogP contribution in [0, 0.1) is 6.92 Å². The largest absolute Gasteiger partial charge is 0.352 e. The number of thioether (sulfide) groups is 1. The summed E-state index contributed by atoms with van der Waals surface area (Å²) in [6.07, 6.45) is 3.32. The van der Waals surface area contributed by atoms with Gasteiger partial charge >= 0.3 is 0 Å². The van der Waals surface area contributed by atoms with Crippen LogP contribution in [0.15, 0.2) is 59.5 Å². The number of carbonyl (C=O) groups is 1. The first-order chi connectivity index (χ1) is 10.6. The van der Waals surface area contributed by atoms with Crippen LogP contribution in [-0.4, -0.2) is 18.2 Å². The Balaban J connectivity index is 1.69. The molecule has 1 N–H and O–H groups in total. The summed E-state index contributed by atoms with van der Waals surface area (Å²) >= 11 is 7.55. The highest BCUT2D eigenvalue weighted by Gasteiger charge is 1.97. The summed E-state index contributed by atoms with van der Waals surface area (Å²) in [7, 11) is 0. The molecule has 2 aromatic rings. The number of hydrogen-bond donors (Lipinski definition) is 1. The number of halogens is 1. The topological polar surface area (TPSA) is 29.1 Å². The molecule has 0 heterocycles. The normalized spacial score (nSPS) is 10.8. The molecule has 22 heavy (non-hydrogen) atoms. The molecule has 4 heteroatoms. The van der Waals surface area contributed by atoms with E-state index >= 15 is 0 Å². The predicted molar refractivity (Wildman–Crippen MR) is 95.4 cm³/mol. The quantitative estimate of drug-likeness (QED) is 0.477. The van der Waals surface area contributed by atoms with Gasteiger partial charge in [0.15, 0.2) is 0 Å². The Kier molecular flexibility index (Phi) is 6.56. The second-order valence-electron chi connectivity index (χ2n) is 4.84. The van der Waals surface area contributed by atoms with Crippen molar-refractivity contribution in [2.24, 2.45) is 0 Å². The first-order valence-electron chi connectivity index (χ1n) is 7.04. The summed E-state index contributed by atoms with van der Waals surface area (Å²) in [5.74, 6) is 0.767. The average Bonchev–Trinajstić information content (AvgIpc) is 2.53. The van der Waals surface area contributed by atoms with E-state index in [0.29, 0.717) is 11.6 Å². The minimum absolute atomic E-state index is 0.0838. The van der Waals surface area contributed by atoms with Crippen molar-refractivity contribution in [3.05, 3.63) is 70.8 Å². The molecule has 0 unspecified atom stereocenters. The van der Waals surface area contributed by atoms with Crippen molar-refractivity contribution < 1.29 is 4.79 Å². The van der Waals surface area contributed by atoms with Crippen molar-refractivity contribution in [3.8, 4) is 0 Å². The zero-order chi connectivity index (χ0) is 15.8. The minimum Gasteiger partial charge on any atom is -0.352 e. The maximum absolute atomic E-state index is 11.7. The smallest absolute Gasteiger partial charge is 0.244 e. The molecule has 0 aliphatic heterocycles. The Morgan fingerprint density at radius 3 is 2.50 bits per heavy atom. The number of carbonyl (C=O) groups excluding carboxylic acids is 1. The van der Waals surface area contributed by atoms with Gasteiger partial charge in [-0.15, -0.1) is 11.8 Å². The fraction of sp³-hybridized carbons (Fsp3) is 0.167. The van der Waals surface area contributed by atoms with Gasteiger partial charge in [0.05, 0.1) is 0 Å². The SMILES string of the molecule is Cc1ccc(SCCNC(=O)/C=C/c2ccc(Cl)cc2)cc1. The lowest BCUT2D eigenvalue weighted by Gasteiger charge is -2.03. The fourth-order valence-electron chi connectivity index (χ4n) is 1.78. The third-order valence-corrected chi connectivity index (χ3v) is 4.25. The standard InChI is InChI=1S/C18H18ClNOS/c1-14-2-9-17(10-3-14)22-13-12-20-18(21)11-6-15-4-7-16(19)8-5-15/h2-11H,12-13H2,1H3,(H,20,21)/b11-6+. The van der Waals surface area contributed by atoms with Crippen molar-refractivity contribution in [1.29, 1.82) is 0 Å². The van der Waals surface area contributed by atoms with Crippen LogP contribution in [0.5, 0.6) is 0 Å². The van der Waals surface area contributed by atoms with Gasteiger partial charge in [0.25, 0.3) is 0 Å². The number of amides is 1. The summed E-state index contributed by atoms with van der Waals surface area (Å²) in [6.45, 7) is 2.71. The van der Waals surface area contributed by atoms with Crippen molar-refractivity contribution in [3.63, 3.8) is 0 Å². The van der Waals surface area contributed by atoms with E-state index in [1.54, 1.807) is 36.0 Å². The van der Waals surface area contributed by atoms with Crippen LogP contribution in [0.3, 0.4) is 0 Å². The van der Waals surface area contributed by atoms with E-state index in [1.807, 2.05) is 12.1 Å². The summed E-state index contributed by atoms with van der Waals surface area (Å²) in [4.78, 5) is 12.9. The van der Waals surface area contributed by atoms with Gasteiger partial charge in [-0.05, 0) is 42.8 Å². The molecule has 2 rings (SSSR count). The second-order valence-corrected chi connectivity index (χ2v) is 6.44. The van der Waals surface area contributed by atoms with Gasteiger partial charge in [0.2, 0.25) is 5.91 Å². The van der Waals surface area contributed by atoms with Gasteiger partial charge in [-0.1, -0.05) is 41.4 Å². The highest BCUT2D eigenvalue weighted by atomic mass is 35.5. The molecule has 0 aliphatic rings. The Labute approximate surface area is 140 Å². The number of hydrogen-bond acceptors (Lipinski definition) is 2. The molecule has 0 saturated heterocycles. The molecule has 114 valence electrons. The van der Waals surface area contributed by atoms with E-state index in [4.69, 9.17) is 11.6 Å². The van der Waals surface area contributed by atoms with Gasteiger partial charge in [-0.3, -0.25) is 4.79 Å². The van der Waals surface area contributed by atoms with Crippen LogP contribution in [0.4, 0.5) is 0 Å². The van der Waals surface area contributed by atoms with E-state index < -0.39 is 0 Å². The molecule has 0 aromatic heterocycles. The molecule has 0 saturated carbocycles. The molecule has 2 nitrogen and oxygen atoms in total. The van der Waals surface area contributed by atoms with Crippen LogP contribution in [-0.2, 0) is 4.79 Å². The van der Waals surface area contributed by atoms with Gasteiger partial charge in [0, 0.05) is 28.3 Å². The van der Waals surface area contributed by atoms with Crippen molar-refractivity contribution >= 4 is 35.3 Å². The molecule has 0 atom stereocenters. The maximum Gasteiger partial charge on any atom is 0.244 e. The number of benzene rings is 2.